The number of carbonyl (C=O) groups is 2. The molecule has 0 amide bonds. The molecular weight excluding hydrogens is 426 g/mol. The fraction of sp³-hybridized carbons (Fsp3) is 0.517. The van der Waals surface area contributed by atoms with Crippen LogP contribution >= 0.6 is 0 Å². The summed E-state index contributed by atoms with van der Waals surface area (Å²) in [6.07, 6.45) is 5.08. The Balaban J connectivity index is 1.39. The third-order valence-corrected chi connectivity index (χ3v) is 8.94. The molecule has 0 radical (unpaired) electrons. The molecule has 5 heteroatoms. The number of carbonyl (C=O) groups excluding carboxylic acids is 2. The standard InChI is InChI=1S/C29H35NO4/c1-28-14-13-24-23-10-9-22(34-18-19-6-4-3-5-7-19)16-20(23)12-15-29(24,30)27(28)21(17-25(28)31)8-11-26(32)33-2/h3-7,9-10,16,21,24,27H,8,11-15,17-18,30H2,1-2H3. The van der Waals surface area contributed by atoms with E-state index in [0.717, 1.165) is 37.0 Å². The average Bonchev–Trinajstić information content (AvgIpc) is 3.12. The van der Waals surface area contributed by atoms with Crippen molar-refractivity contribution in [2.75, 3.05) is 7.11 Å². The summed E-state index contributed by atoms with van der Waals surface area (Å²) in [5.41, 5.74) is 10.3. The van der Waals surface area contributed by atoms with Crippen molar-refractivity contribution in [3.8, 4) is 5.75 Å². The number of hydrogen-bond acceptors (Lipinski definition) is 5. The topological polar surface area (TPSA) is 78.6 Å². The molecule has 0 aliphatic heterocycles. The SMILES string of the molecule is COC(=O)CCC1CC(=O)C2(C)CCC3c4ccc(OCc5ccccc5)cc4CCC3(N)C12. The van der Waals surface area contributed by atoms with Crippen molar-refractivity contribution in [3.05, 3.63) is 65.2 Å². The molecule has 3 aliphatic rings. The third kappa shape index (κ3) is 3.84. The Kier molecular flexibility index (Phi) is 6.01. The summed E-state index contributed by atoms with van der Waals surface area (Å²) in [5, 5.41) is 0. The smallest absolute Gasteiger partial charge is 0.305 e. The molecule has 5 unspecified atom stereocenters. The number of methoxy groups -OCH3 is 1. The van der Waals surface area contributed by atoms with E-state index in [2.05, 4.69) is 37.3 Å². The summed E-state index contributed by atoms with van der Waals surface area (Å²) in [7, 11) is 1.42. The summed E-state index contributed by atoms with van der Waals surface area (Å²) in [6.45, 7) is 2.67. The molecular formula is C29H35NO4. The van der Waals surface area contributed by atoms with Crippen LogP contribution < -0.4 is 10.5 Å². The zero-order valence-corrected chi connectivity index (χ0v) is 20.2. The maximum atomic E-state index is 13.2. The van der Waals surface area contributed by atoms with E-state index in [4.69, 9.17) is 15.2 Å². The fourth-order valence-electron chi connectivity index (χ4n) is 7.31. The van der Waals surface area contributed by atoms with Crippen LogP contribution in [0.3, 0.4) is 0 Å². The number of esters is 1. The van der Waals surface area contributed by atoms with Gasteiger partial charge in [0.25, 0.3) is 0 Å². The number of benzene rings is 2. The number of rotatable bonds is 6. The van der Waals surface area contributed by atoms with Gasteiger partial charge in [-0.2, -0.15) is 0 Å². The minimum absolute atomic E-state index is 0.0954. The molecule has 0 bridgehead atoms. The van der Waals surface area contributed by atoms with Crippen molar-refractivity contribution >= 4 is 11.8 Å². The van der Waals surface area contributed by atoms with Crippen LogP contribution in [-0.2, 0) is 27.4 Å². The molecule has 0 saturated heterocycles. The highest BCUT2D eigenvalue weighted by molar-refractivity contribution is 5.88. The quantitative estimate of drug-likeness (QED) is 0.616. The van der Waals surface area contributed by atoms with Gasteiger partial charge >= 0.3 is 5.97 Å². The lowest BCUT2D eigenvalue weighted by Crippen LogP contribution is -2.62. The molecule has 0 heterocycles. The Hall–Kier alpha value is -2.66. The van der Waals surface area contributed by atoms with E-state index in [1.807, 2.05) is 18.2 Å². The van der Waals surface area contributed by atoms with E-state index in [1.54, 1.807) is 0 Å². The van der Waals surface area contributed by atoms with Crippen LogP contribution in [0.25, 0.3) is 0 Å². The zero-order valence-electron chi connectivity index (χ0n) is 20.2. The maximum Gasteiger partial charge on any atom is 0.305 e. The van der Waals surface area contributed by atoms with Crippen molar-refractivity contribution < 1.29 is 19.1 Å². The second-order valence-electron chi connectivity index (χ2n) is 10.7. The number of hydrogen-bond donors (Lipinski definition) is 1. The van der Waals surface area contributed by atoms with Crippen molar-refractivity contribution in [1.82, 2.24) is 0 Å². The largest absolute Gasteiger partial charge is 0.489 e. The van der Waals surface area contributed by atoms with E-state index in [9.17, 15) is 9.59 Å². The first-order valence-electron chi connectivity index (χ1n) is 12.5. The minimum atomic E-state index is -0.431. The van der Waals surface area contributed by atoms with Crippen LogP contribution in [0, 0.1) is 17.3 Å². The van der Waals surface area contributed by atoms with Crippen LogP contribution in [0.1, 0.15) is 68.1 Å². The van der Waals surface area contributed by atoms with Crippen LogP contribution in [0.15, 0.2) is 48.5 Å². The van der Waals surface area contributed by atoms with Gasteiger partial charge in [-0.1, -0.05) is 43.3 Å². The van der Waals surface area contributed by atoms with Crippen LogP contribution in [-0.4, -0.2) is 24.4 Å². The van der Waals surface area contributed by atoms with Gasteiger partial charge in [0.1, 0.15) is 18.1 Å². The molecule has 2 saturated carbocycles. The van der Waals surface area contributed by atoms with Gasteiger partial charge in [-0.25, -0.2) is 0 Å². The summed E-state index contributed by atoms with van der Waals surface area (Å²) in [6, 6.07) is 16.6. The zero-order chi connectivity index (χ0) is 23.9. The molecule has 5 atom stereocenters. The van der Waals surface area contributed by atoms with E-state index in [0.29, 0.717) is 31.7 Å². The predicted molar refractivity (Wildman–Crippen MR) is 130 cm³/mol. The molecule has 3 aliphatic carbocycles. The highest BCUT2D eigenvalue weighted by atomic mass is 16.5. The van der Waals surface area contributed by atoms with Crippen molar-refractivity contribution in [2.24, 2.45) is 23.0 Å². The van der Waals surface area contributed by atoms with Gasteiger partial charge in [0.15, 0.2) is 0 Å². The lowest BCUT2D eigenvalue weighted by molar-refractivity contribution is -0.141. The van der Waals surface area contributed by atoms with Crippen LogP contribution in [0.5, 0.6) is 5.75 Å². The van der Waals surface area contributed by atoms with E-state index >= 15 is 0 Å². The highest BCUT2D eigenvalue weighted by Gasteiger charge is 2.63. The molecule has 2 aromatic carbocycles. The predicted octanol–water partition coefficient (Wildman–Crippen LogP) is 4.95. The summed E-state index contributed by atoms with van der Waals surface area (Å²) >= 11 is 0. The summed E-state index contributed by atoms with van der Waals surface area (Å²) in [4.78, 5) is 25.0. The van der Waals surface area contributed by atoms with Crippen LogP contribution in [0.2, 0.25) is 0 Å². The summed E-state index contributed by atoms with van der Waals surface area (Å²) < 4.78 is 10.9. The van der Waals surface area contributed by atoms with E-state index < -0.39 is 5.54 Å². The first kappa shape index (κ1) is 23.1. The maximum absolute atomic E-state index is 13.2. The van der Waals surface area contributed by atoms with Gasteiger partial charge in [-0.05, 0) is 72.8 Å². The molecule has 34 heavy (non-hydrogen) atoms. The van der Waals surface area contributed by atoms with Gasteiger partial charge in [0, 0.05) is 29.7 Å². The Morgan fingerprint density at radius 1 is 1.15 bits per heavy atom. The fourth-order valence-corrected chi connectivity index (χ4v) is 7.31. The Morgan fingerprint density at radius 3 is 2.71 bits per heavy atom. The lowest BCUT2D eigenvalue weighted by Gasteiger charge is -2.56. The third-order valence-electron chi connectivity index (χ3n) is 8.94. The summed E-state index contributed by atoms with van der Waals surface area (Å²) in [5.74, 6) is 1.46. The molecule has 0 spiro atoms. The molecule has 0 aromatic heterocycles. The second-order valence-corrected chi connectivity index (χ2v) is 10.7. The van der Waals surface area contributed by atoms with Crippen molar-refractivity contribution in [2.45, 2.75) is 69.9 Å². The van der Waals surface area contributed by atoms with Gasteiger partial charge in [-0.3, -0.25) is 9.59 Å². The van der Waals surface area contributed by atoms with Gasteiger partial charge in [0.2, 0.25) is 0 Å². The molecule has 2 N–H and O–H groups in total. The first-order chi connectivity index (χ1) is 16.3. The Morgan fingerprint density at radius 2 is 1.94 bits per heavy atom. The lowest BCUT2D eigenvalue weighted by atomic mass is 9.50. The van der Waals surface area contributed by atoms with Crippen molar-refractivity contribution in [1.29, 1.82) is 0 Å². The highest BCUT2D eigenvalue weighted by Crippen LogP contribution is 2.63. The second kappa shape index (κ2) is 8.84. The molecule has 2 fully saturated rings. The van der Waals surface area contributed by atoms with Gasteiger partial charge in [-0.15, -0.1) is 0 Å². The van der Waals surface area contributed by atoms with Crippen molar-refractivity contribution in [3.63, 3.8) is 0 Å². The Labute approximate surface area is 202 Å². The monoisotopic (exact) mass is 461 g/mol. The number of aryl methyl sites for hydroxylation is 1. The first-order valence-corrected chi connectivity index (χ1v) is 12.5. The van der Waals surface area contributed by atoms with Crippen LogP contribution in [0.4, 0.5) is 0 Å². The molecule has 5 rings (SSSR count). The minimum Gasteiger partial charge on any atom is -0.489 e. The average molecular weight is 462 g/mol. The number of ketones is 1. The number of Topliss-reactive ketones (excluding diaryl/α,β-unsaturated/α-hetero) is 1. The van der Waals surface area contributed by atoms with Gasteiger partial charge < -0.3 is 15.2 Å². The molecule has 5 nitrogen and oxygen atoms in total. The molecule has 180 valence electrons. The van der Waals surface area contributed by atoms with E-state index in [-0.39, 0.29) is 29.1 Å². The Bertz CT molecular complexity index is 1080. The number of nitrogens with two attached hydrogens (primary N) is 1. The van der Waals surface area contributed by atoms with Gasteiger partial charge in [0.05, 0.1) is 7.11 Å². The molecule has 2 aromatic rings. The normalized spacial score (nSPS) is 31.9. The van der Waals surface area contributed by atoms with E-state index in [1.165, 1.54) is 18.2 Å². The number of fused-ring (bicyclic) bond motifs is 5. The number of ether oxygens (including phenoxy) is 2.